The monoisotopic (exact) mass is 309 g/mol. The number of piperidine rings is 1. The standard InChI is InChI=1S/C16H20ClNO3/c1-15(2,3)21-14(19)18-9-8-16(13(10-18)20-16)11-4-6-12(17)7-5-11/h4-7,13H,8-10H2,1-3H3/t13-,16-/m0/s1. The first-order valence-corrected chi connectivity index (χ1v) is 7.60. The number of ether oxygens (including phenoxy) is 2. The van der Waals surface area contributed by atoms with Crippen LogP contribution in [0.1, 0.15) is 32.8 Å². The maximum atomic E-state index is 12.1. The van der Waals surface area contributed by atoms with Gasteiger partial charge in [0.2, 0.25) is 0 Å². The fraction of sp³-hybridized carbons (Fsp3) is 0.562. The van der Waals surface area contributed by atoms with Crippen molar-refractivity contribution in [2.24, 2.45) is 0 Å². The maximum absolute atomic E-state index is 12.1. The Labute approximate surface area is 130 Å². The second kappa shape index (κ2) is 4.89. The molecular weight excluding hydrogens is 290 g/mol. The van der Waals surface area contributed by atoms with Crippen LogP contribution in [-0.2, 0) is 15.1 Å². The zero-order valence-corrected chi connectivity index (χ0v) is 13.3. The number of nitrogens with zero attached hydrogens (tertiary/aromatic N) is 1. The van der Waals surface area contributed by atoms with Crippen molar-refractivity contribution in [2.45, 2.75) is 44.5 Å². The van der Waals surface area contributed by atoms with Crippen LogP contribution in [-0.4, -0.2) is 35.8 Å². The quantitative estimate of drug-likeness (QED) is 0.745. The second-order valence-corrected chi connectivity index (χ2v) is 7.12. The van der Waals surface area contributed by atoms with E-state index >= 15 is 0 Å². The third-order valence-electron chi connectivity index (χ3n) is 3.94. The largest absolute Gasteiger partial charge is 0.444 e. The lowest BCUT2D eigenvalue weighted by molar-refractivity contribution is 0.0217. The number of halogens is 1. The molecular formula is C16H20ClNO3. The lowest BCUT2D eigenvalue weighted by Gasteiger charge is -2.31. The molecule has 2 atom stereocenters. The van der Waals surface area contributed by atoms with Crippen LogP contribution in [0.3, 0.4) is 0 Å². The Kier molecular flexibility index (Phi) is 3.41. The van der Waals surface area contributed by atoms with Crippen LogP contribution in [0, 0.1) is 0 Å². The Morgan fingerprint density at radius 3 is 2.62 bits per heavy atom. The molecule has 0 saturated carbocycles. The topological polar surface area (TPSA) is 42.1 Å². The van der Waals surface area contributed by atoms with Gasteiger partial charge in [-0.2, -0.15) is 0 Å². The van der Waals surface area contributed by atoms with Crippen LogP contribution in [0.2, 0.25) is 5.02 Å². The van der Waals surface area contributed by atoms with Crippen molar-refractivity contribution in [1.82, 2.24) is 4.90 Å². The predicted octanol–water partition coefficient (Wildman–Crippen LogP) is 3.57. The summed E-state index contributed by atoms with van der Waals surface area (Å²) in [6, 6.07) is 7.77. The molecule has 2 fully saturated rings. The SMILES string of the molecule is CC(C)(C)OC(=O)N1CC[C@@]2(c3ccc(Cl)cc3)O[C@H]2C1. The smallest absolute Gasteiger partial charge is 0.410 e. The molecule has 5 heteroatoms. The van der Waals surface area contributed by atoms with E-state index in [1.54, 1.807) is 4.90 Å². The summed E-state index contributed by atoms with van der Waals surface area (Å²) in [5.74, 6) is 0. The Morgan fingerprint density at radius 1 is 1.38 bits per heavy atom. The minimum Gasteiger partial charge on any atom is -0.444 e. The van der Waals surface area contributed by atoms with Gasteiger partial charge >= 0.3 is 6.09 Å². The fourth-order valence-corrected chi connectivity index (χ4v) is 2.97. The number of rotatable bonds is 1. The predicted molar refractivity (Wildman–Crippen MR) is 80.4 cm³/mol. The molecule has 0 N–H and O–H groups in total. The molecule has 0 unspecified atom stereocenters. The molecule has 0 spiro atoms. The molecule has 1 aromatic carbocycles. The van der Waals surface area contributed by atoms with Crippen molar-refractivity contribution < 1.29 is 14.3 Å². The molecule has 1 amide bonds. The van der Waals surface area contributed by atoms with Crippen molar-refractivity contribution in [2.75, 3.05) is 13.1 Å². The van der Waals surface area contributed by atoms with Crippen molar-refractivity contribution in [3.05, 3.63) is 34.9 Å². The maximum Gasteiger partial charge on any atom is 0.410 e. The Bertz CT molecular complexity index is 552. The average molecular weight is 310 g/mol. The molecule has 0 aliphatic carbocycles. The number of hydrogen-bond donors (Lipinski definition) is 0. The highest BCUT2D eigenvalue weighted by molar-refractivity contribution is 6.30. The molecule has 0 aromatic heterocycles. The molecule has 2 saturated heterocycles. The average Bonchev–Trinajstić information content (AvgIpc) is 3.11. The van der Waals surface area contributed by atoms with Crippen molar-refractivity contribution >= 4 is 17.7 Å². The molecule has 4 nitrogen and oxygen atoms in total. The highest BCUT2D eigenvalue weighted by Gasteiger charge is 2.60. The van der Waals surface area contributed by atoms with Crippen LogP contribution in [0.15, 0.2) is 24.3 Å². The third-order valence-corrected chi connectivity index (χ3v) is 4.19. The minimum absolute atomic E-state index is 0.0555. The first kappa shape index (κ1) is 14.7. The van der Waals surface area contributed by atoms with Crippen LogP contribution < -0.4 is 0 Å². The van der Waals surface area contributed by atoms with Crippen LogP contribution in [0.4, 0.5) is 4.79 Å². The van der Waals surface area contributed by atoms with E-state index < -0.39 is 5.60 Å². The van der Waals surface area contributed by atoms with Gasteiger partial charge in [0.15, 0.2) is 0 Å². The van der Waals surface area contributed by atoms with Gasteiger partial charge in [-0.1, -0.05) is 23.7 Å². The van der Waals surface area contributed by atoms with E-state index in [4.69, 9.17) is 21.1 Å². The molecule has 2 aliphatic rings. The van der Waals surface area contributed by atoms with E-state index in [1.807, 2.05) is 45.0 Å². The third kappa shape index (κ3) is 2.87. The molecule has 0 bridgehead atoms. The zero-order valence-electron chi connectivity index (χ0n) is 12.6. The summed E-state index contributed by atoms with van der Waals surface area (Å²) in [4.78, 5) is 13.8. The molecule has 2 aliphatic heterocycles. The molecule has 0 radical (unpaired) electrons. The van der Waals surface area contributed by atoms with Gasteiger partial charge in [-0.25, -0.2) is 4.79 Å². The zero-order chi connectivity index (χ0) is 15.3. The Morgan fingerprint density at radius 2 is 2.05 bits per heavy atom. The molecule has 2 heterocycles. The number of fused-ring (bicyclic) bond motifs is 1. The molecule has 3 rings (SSSR count). The summed E-state index contributed by atoms with van der Waals surface area (Å²) in [7, 11) is 0. The number of amides is 1. The summed E-state index contributed by atoms with van der Waals surface area (Å²) < 4.78 is 11.3. The van der Waals surface area contributed by atoms with Crippen LogP contribution in [0.25, 0.3) is 0 Å². The second-order valence-electron chi connectivity index (χ2n) is 6.68. The van der Waals surface area contributed by atoms with E-state index in [9.17, 15) is 4.79 Å². The number of carbonyl (C=O) groups excluding carboxylic acids is 1. The molecule has 1 aromatic rings. The normalized spacial score (nSPS) is 28.0. The van der Waals surface area contributed by atoms with Crippen molar-refractivity contribution in [3.8, 4) is 0 Å². The van der Waals surface area contributed by atoms with Crippen LogP contribution >= 0.6 is 11.6 Å². The summed E-state index contributed by atoms with van der Waals surface area (Å²) in [6.07, 6.45) is 0.584. The van der Waals surface area contributed by atoms with Gasteiger partial charge < -0.3 is 14.4 Å². The van der Waals surface area contributed by atoms with Crippen molar-refractivity contribution in [3.63, 3.8) is 0 Å². The number of carbonyl (C=O) groups is 1. The lowest BCUT2D eigenvalue weighted by atomic mass is 9.89. The van der Waals surface area contributed by atoms with Gasteiger partial charge in [0.25, 0.3) is 0 Å². The fourth-order valence-electron chi connectivity index (χ4n) is 2.84. The number of epoxide rings is 1. The van der Waals surface area contributed by atoms with E-state index in [1.165, 1.54) is 0 Å². The van der Waals surface area contributed by atoms with Crippen molar-refractivity contribution in [1.29, 1.82) is 0 Å². The van der Waals surface area contributed by atoms with Gasteiger partial charge in [0.05, 0.1) is 6.54 Å². The summed E-state index contributed by atoms with van der Waals surface area (Å²) in [5.41, 5.74) is 0.440. The van der Waals surface area contributed by atoms with E-state index in [0.29, 0.717) is 13.1 Å². The summed E-state index contributed by atoms with van der Waals surface area (Å²) in [6.45, 7) is 6.85. The Balaban J connectivity index is 1.65. The number of benzene rings is 1. The lowest BCUT2D eigenvalue weighted by Crippen LogP contribution is -2.44. The van der Waals surface area contributed by atoms with Gasteiger partial charge in [-0.05, 0) is 38.5 Å². The minimum atomic E-state index is -0.466. The highest BCUT2D eigenvalue weighted by Crippen LogP contribution is 2.52. The summed E-state index contributed by atoms with van der Waals surface area (Å²) in [5, 5.41) is 0.721. The van der Waals surface area contributed by atoms with Gasteiger partial charge in [-0.3, -0.25) is 0 Å². The van der Waals surface area contributed by atoms with Crippen LogP contribution in [0.5, 0.6) is 0 Å². The molecule has 21 heavy (non-hydrogen) atoms. The van der Waals surface area contributed by atoms with Gasteiger partial charge in [0.1, 0.15) is 17.3 Å². The van der Waals surface area contributed by atoms with E-state index in [2.05, 4.69) is 0 Å². The molecule has 114 valence electrons. The van der Waals surface area contributed by atoms with E-state index in [-0.39, 0.29) is 17.8 Å². The highest BCUT2D eigenvalue weighted by atomic mass is 35.5. The van der Waals surface area contributed by atoms with Gasteiger partial charge in [-0.15, -0.1) is 0 Å². The summed E-state index contributed by atoms with van der Waals surface area (Å²) >= 11 is 5.93. The first-order chi connectivity index (χ1) is 9.80. The first-order valence-electron chi connectivity index (χ1n) is 7.22. The van der Waals surface area contributed by atoms with Gasteiger partial charge in [0, 0.05) is 18.0 Å². The Hall–Kier alpha value is -1.26. The van der Waals surface area contributed by atoms with E-state index in [0.717, 1.165) is 17.0 Å². The number of likely N-dealkylation sites (tertiary alicyclic amines) is 1. The number of hydrogen-bond acceptors (Lipinski definition) is 3.